The normalized spacial score (nSPS) is 13.7. The number of aliphatic hydroxyl groups is 3. The van der Waals surface area contributed by atoms with Crippen molar-refractivity contribution in [1.82, 2.24) is 0 Å². The van der Waals surface area contributed by atoms with Crippen molar-refractivity contribution in [2.45, 2.75) is 5.97 Å². The van der Waals surface area contributed by atoms with Crippen LogP contribution in [0.3, 0.4) is 0 Å². The van der Waals surface area contributed by atoms with Gasteiger partial charge in [0.1, 0.15) is 0 Å². The van der Waals surface area contributed by atoms with E-state index in [1.807, 2.05) is 0 Å². The van der Waals surface area contributed by atoms with Gasteiger partial charge in [-0.1, -0.05) is 19.2 Å². The number of rotatable bonds is 3. The molecular weight excluding hydrogens is 146 g/mol. The van der Waals surface area contributed by atoms with Gasteiger partial charge in [-0.05, 0) is 6.08 Å². The van der Waals surface area contributed by atoms with Crippen molar-refractivity contribution in [3.05, 3.63) is 36.6 Å². The van der Waals surface area contributed by atoms with Gasteiger partial charge in [0.05, 0.1) is 5.57 Å². The fourth-order valence-electron chi connectivity index (χ4n) is 0.558. The number of allylic oxidation sites excluding steroid dienone is 1. The molecule has 0 amide bonds. The Labute approximate surface area is 64.6 Å². The van der Waals surface area contributed by atoms with E-state index in [2.05, 4.69) is 13.2 Å². The van der Waals surface area contributed by atoms with Crippen LogP contribution in [0.25, 0.3) is 0 Å². The summed E-state index contributed by atoms with van der Waals surface area (Å²) in [5, 5.41) is 25.9. The molecule has 0 bridgehead atoms. The van der Waals surface area contributed by atoms with Gasteiger partial charge in [-0.2, -0.15) is 0 Å². The first-order valence-corrected chi connectivity index (χ1v) is 2.85. The second-order valence-corrected chi connectivity index (χ2v) is 1.91. The molecule has 62 valence electrons. The maximum Gasteiger partial charge on any atom is 0.306 e. The van der Waals surface area contributed by atoms with Gasteiger partial charge in [0.25, 0.3) is 0 Å². The molecule has 0 aliphatic carbocycles. The Morgan fingerprint density at radius 2 is 1.64 bits per heavy atom. The van der Waals surface area contributed by atoms with Gasteiger partial charge in [0, 0.05) is 5.70 Å². The average Bonchev–Trinajstić information content (AvgIpc) is 1.86. The highest BCUT2D eigenvalue weighted by molar-refractivity contribution is 5.31. The van der Waals surface area contributed by atoms with E-state index in [0.29, 0.717) is 0 Å². The fourth-order valence-corrected chi connectivity index (χ4v) is 0.558. The Balaban J connectivity index is 4.95. The summed E-state index contributed by atoms with van der Waals surface area (Å²) >= 11 is 0. The van der Waals surface area contributed by atoms with Gasteiger partial charge in [0.2, 0.25) is 0 Å². The van der Waals surface area contributed by atoms with Gasteiger partial charge in [-0.15, -0.1) is 0 Å². The van der Waals surface area contributed by atoms with E-state index in [1.165, 1.54) is 6.08 Å². The summed E-state index contributed by atoms with van der Waals surface area (Å²) in [5.74, 6) is -2.94. The molecule has 0 fully saturated rings. The summed E-state index contributed by atoms with van der Waals surface area (Å²) < 4.78 is 0. The van der Waals surface area contributed by atoms with E-state index in [1.54, 1.807) is 0 Å². The van der Waals surface area contributed by atoms with Crippen LogP contribution in [0.2, 0.25) is 0 Å². The van der Waals surface area contributed by atoms with Crippen LogP contribution in [0.5, 0.6) is 0 Å². The van der Waals surface area contributed by atoms with Gasteiger partial charge in [-0.3, -0.25) is 0 Å². The van der Waals surface area contributed by atoms with Gasteiger partial charge in [0.15, 0.2) is 0 Å². The molecule has 0 aromatic rings. The van der Waals surface area contributed by atoms with Crippen LogP contribution in [0.15, 0.2) is 36.6 Å². The summed E-state index contributed by atoms with van der Waals surface area (Å²) in [5.41, 5.74) is 4.90. The molecule has 0 unspecified atom stereocenters. The van der Waals surface area contributed by atoms with Gasteiger partial charge >= 0.3 is 5.97 Å². The lowest BCUT2D eigenvalue weighted by Gasteiger charge is -2.16. The van der Waals surface area contributed by atoms with E-state index in [4.69, 9.17) is 21.1 Å². The maximum atomic E-state index is 8.63. The Kier molecular flexibility index (Phi) is 3.00. The molecule has 4 nitrogen and oxygen atoms in total. The zero-order chi connectivity index (χ0) is 9.07. The number of nitrogens with two attached hydrogens (primary N) is 1. The molecular formula is C7H11NO3. The molecule has 0 saturated heterocycles. The molecule has 0 atom stereocenters. The Morgan fingerprint density at radius 3 is 1.73 bits per heavy atom. The van der Waals surface area contributed by atoms with Crippen LogP contribution in [0.4, 0.5) is 0 Å². The summed E-state index contributed by atoms with van der Waals surface area (Å²) in [6.45, 7) is 6.51. The molecule has 11 heavy (non-hydrogen) atoms. The molecule has 0 saturated carbocycles. The molecule has 0 aromatic heterocycles. The Hall–Kier alpha value is -1.10. The number of hydrogen-bond acceptors (Lipinski definition) is 4. The van der Waals surface area contributed by atoms with Crippen LogP contribution >= 0.6 is 0 Å². The highest BCUT2D eigenvalue weighted by Gasteiger charge is 2.24. The van der Waals surface area contributed by atoms with Crippen molar-refractivity contribution in [2.24, 2.45) is 5.73 Å². The third-order valence-electron chi connectivity index (χ3n) is 1.10. The highest BCUT2D eigenvalue weighted by atomic mass is 16.7. The third-order valence-corrected chi connectivity index (χ3v) is 1.10. The molecule has 0 radical (unpaired) electrons. The Morgan fingerprint density at radius 1 is 1.18 bits per heavy atom. The van der Waals surface area contributed by atoms with Crippen LogP contribution < -0.4 is 5.73 Å². The first kappa shape index (κ1) is 9.90. The van der Waals surface area contributed by atoms with E-state index in [0.717, 1.165) is 6.08 Å². The molecule has 4 heteroatoms. The first-order chi connectivity index (χ1) is 4.93. The predicted octanol–water partition coefficient (Wildman–Crippen LogP) is -0.798. The van der Waals surface area contributed by atoms with E-state index >= 15 is 0 Å². The number of hydrogen-bond donors (Lipinski definition) is 4. The minimum atomic E-state index is -2.94. The average molecular weight is 157 g/mol. The molecule has 0 aliphatic heterocycles. The highest BCUT2D eigenvalue weighted by Crippen LogP contribution is 2.13. The molecule has 0 aromatic carbocycles. The fraction of sp³-hybridized carbons (Fsp3) is 0.143. The standard InChI is InChI=1S/C7H11NO3/c1-3-5(6(8)4-2)7(9,10)11/h3-4,9-11H,1-2,8H2/b6-5-. The summed E-state index contributed by atoms with van der Waals surface area (Å²) in [6.07, 6.45) is 2.21. The predicted molar refractivity (Wildman–Crippen MR) is 41.0 cm³/mol. The summed E-state index contributed by atoms with van der Waals surface area (Å²) in [6, 6.07) is 0. The van der Waals surface area contributed by atoms with Crippen molar-refractivity contribution in [1.29, 1.82) is 0 Å². The van der Waals surface area contributed by atoms with Crippen molar-refractivity contribution in [3.63, 3.8) is 0 Å². The van der Waals surface area contributed by atoms with Crippen molar-refractivity contribution in [3.8, 4) is 0 Å². The lowest BCUT2D eigenvalue weighted by atomic mass is 10.1. The maximum absolute atomic E-state index is 8.63. The lowest BCUT2D eigenvalue weighted by Crippen LogP contribution is -2.31. The summed E-state index contributed by atoms with van der Waals surface area (Å²) in [7, 11) is 0. The largest absolute Gasteiger partial charge is 0.398 e. The van der Waals surface area contributed by atoms with Crippen molar-refractivity contribution < 1.29 is 15.3 Å². The molecule has 0 rings (SSSR count). The van der Waals surface area contributed by atoms with E-state index in [-0.39, 0.29) is 11.3 Å². The zero-order valence-corrected chi connectivity index (χ0v) is 5.99. The van der Waals surface area contributed by atoms with Crippen LogP contribution in [-0.2, 0) is 0 Å². The monoisotopic (exact) mass is 157 g/mol. The second kappa shape index (κ2) is 3.34. The minimum Gasteiger partial charge on any atom is -0.398 e. The van der Waals surface area contributed by atoms with Crippen LogP contribution in [-0.4, -0.2) is 21.3 Å². The van der Waals surface area contributed by atoms with Crippen molar-refractivity contribution >= 4 is 0 Å². The smallest absolute Gasteiger partial charge is 0.306 e. The topological polar surface area (TPSA) is 86.7 Å². The quantitative estimate of drug-likeness (QED) is 0.319. The van der Waals surface area contributed by atoms with E-state index < -0.39 is 5.97 Å². The SMILES string of the molecule is C=C/C(N)=C(\C=C)C(O)(O)O. The lowest BCUT2D eigenvalue weighted by molar-refractivity contribution is -0.280. The minimum absolute atomic E-state index is 0.0347. The zero-order valence-electron chi connectivity index (χ0n) is 5.99. The van der Waals surface area contributed by atoms with E-state index in [9.17, 15) is 0 Å². The van der Waals surface area contributed by atoms with Crippen molar-refractivity contribution in [2.75, 3.05) is 0 Å². The molecule has 0 spiro atoms. The van der Waals surface area contributed by atoms with Gasteiger partial charge in [-0.25, -0.2) is 0 Å². The Bertz CT molecular complexity index is 200. The van der Waals surface area contributed by atoms with Crippen LogP contribution in [0, 0.1) is 0 Å². The molecule has 5 N–H and O–H groups in total. The first-order valence-electron chi connectivity index (χ1n) is 2.85. The third kappa shape index (κ3) is 2.55. The van der Waals surface area contributed by atoms with Gasteiger partial charge < -0.3 is 21.1 Å². The summed E-state index contributed by atoms with van der Waals surface area (Å²) in [4.78, 5) is 0. The van der Waals surface area contributed by atoms with Crippen LogP contribution in [0.1, 0.15) is 0 Å². The second-order valence-electron chi connectivity index (χ2n) is 1.91. The molecule has 0 heterocycles. The molecule has 0 aliphatic rings.